The molecule has 76 valence electrons. The molecule has 0 aromatic carbocycles. The fourth-order valence-electron chi connectivity index (χ4n) is 1.09. The Bertz CT molecular complexity index is 432. The van der Waals surface area contributed by atoms with Crippen LogP contribution in [-0.2, 0) is 6.54 Å². The predicted molar refractivity (Wildman–Crippen MR) is 58.3 cm³/mol. The Balaban J connectivity index is 2.24. The van der Waals surface area contributed by atoms with Crippen LogP contribution < -0.4 is 5.73 Å². The Kier molecular flexibility index (Phi) is 3.26. The molecule has 0 radical (unpaired) electrons. The van der Waals surface area contributed by atoms with Crippen molar-refractivity contribution in [3.05, 3.63) is 42.5 Å². The molecule has 0 aliphatic heterocycles. The molecule has 5 heteroatoms. The Hall–Kier alpha value is -1.46. The van der Waals surface area contributed by atoms with Crippen molar-refractivity contribution in [2.24, 2.45) is 5.73 Å². The molecule has 2 aromatic rings. The lowest BCUT2D eigenvalue weighted by atomic mass is 10.5. The maximum atomic E-state index is 5.57. The van der Waals surface area contributed by atoms with Crippen LogP contribution in [0.1, 0.15) is 5.69 Å². The average Bonchev–Trinajstić information content (AvgIpc) is 2.31. The highest BCUT2D eigenvalue weighted by atomic mass is 32.2. The molecule has 0 unspecified atom stereocenters. The summed E-state index contributed by atoms with van der Waals surface area (Å²) in [6.07, 6.45) is 5.05. The Labute approximate surface area is 92.0 Å². The third kappa shape index (κ3) is 2.51. The van der Waals surface area contributed by atoms with Gasteiger partial charge >= 0.3 is 0 Å². The lowest BCUT2D eigenvalue weighted by molar-refractivity contribution is 0.884. The van der Waals surface area contributed by atoms with E-state index in [-0.39, 0.29) is 0 Å². The van der Waals surface area contributed by atoms with Crippen molar-refractivity contribution in [1.29, 1.82) is 0 Å². The highest BCUT2D eigenvalue weighted by Crippen LogP contribution is 2.25. The predicted octanol–water partition coefficient (Wildman–Crippen LogP) is 1.48. The molecule has 2 heterocycles. The quantitative estimate of drug-likeness (QED) is 0.845. The number of pyridine rings is 1. The van der Waals surface area contributed by atoms with Gasteiger partial charge in [-0.25, -0.2) is 9.97 Å². The SMILES string of the molecule is NCc1nccnc1Sc1ccccn1. The normalized spacial score (nSPS) is 10.2. The van der Waals surface area contributed by atoms with Gasteiger partial charge in [-0.3, -0.25) is 4.98 Å². The molecule has 0 amide bonds. The van der Waals surface area contributed by atoms with Gasteiger partial charge in [-0.2, -0.15) is 0 Å². The van der Waals surface area contributed by atoms with Crippen molar-refractivity contribution in [2.75, 3.05) is 0 Å². The fraction of sp³-hybridized carbons (Fsp3) is 0.100. The highest BCUT2D eigenvalue weighted by molar-refractivity contribution is 7.99. The van der Waals surface area contributed by atoms with Gasteiger partial charge in [-0.1, -0.05) is 6.07 Å². The van der Waals surface area contributed by atoms with Crippen LogP contribution in [0.15, 0.2) is 46.8 Å². The molecule has 0 atom stereocenters. The van der Waals surface area contributed by atoms with Crippen LogP contribution >= 0.6 is 11.8 Å². The summed E-state index contributed by atoms with van der Waals surface area (Å²) in [6.45, 7) is 0.392. The molecule has 2 N–H and O–H groups in total. The fourth-order valence-corrected chi connectivity index (χ4v) is 1.91. The van der Waals surface area contributed by atoms with Crippen molar-refractivity contribution in [3.63, 3.8) is 0 Å². The lowest BCUT2D eigenvalue weighted by Gasteiger charge is -2.03. The van der Waals surface area contributed by atoms with Crippen molar-refractivity contribution in [2.45, 2.75) is 16.6 Å². The van der Waals surface area contributed by atoms with Crippen LogP contribution in [0.2, 0.25) is 0 Å². The van der Waals surface area contributed by atoms with E-state index in [4.69, 9.17) is 5.73 Å². The zero-order chi connectivity index (χ0) is 10.5. The molecule has 0 spiro atoms. The van der Waals surface area contributed by atoms with Gasteiger partial charge in [0.25, 0.3) is 0 Å². The molecule has 2 rings (SSSR count). The van der Waals surface area contributed by atoms with Gasteiger partial charge in [0.05, 0.1) is 5.69 Å². The van der Waals surface area contributed by atoms with Crippen LogP contribution in [-0.4, -0.2) is 15.0 Å². The highest BCUT2D eigenvalue weighted by Gasteiger charge is 2.05. The molecule has 0 aliphatic carbocycles. The number of aromatic nitrogens is 3. The first-order valence-corrected chi connectivity index (χ1v) is 5.30. The van der Waals surface area contributed by atoms with Gasteiger partial charge in [0, 0.05) is 25.1 Å². The summed E-state index contributed by atoms with van der Waals surface area (Å²) in [6, 6.07) is 5.75. The number of hydrogen-bond acceptors (Lipinski definition) is 5. The summed E-state index contributed by atoms with van der Waals surface area (Å²) in [5.41, 5.74) is 6.37. The number of rotatable bonds is 3. The summed E-state index contributed by atoms with van der Waals surface area (Å²) < 4.78 is 0. The minimum atomic E-state index is 0.392. The van der Waals surface area contributed by atoms with E-state index >= 15 is 0 Å². The molecule has 0 bridgehead atoms. The third-order valence-electron chi connectivity index (χ3n) is 1.77. The minimum Gasteiger partial charge on any atom is -0.325 e. The minimum absolute atomic E-state index is 0.392. The zero-order valence-electron chi connectivity index (χ0n) is 8.00. The van der Waals surface area contributed by atoms with Crippen LogP contribution in [0.5, 0.6) is 0 Å². The van der Waals surface area contributed by atoms with Crippen molar-refractivity contribution < 1.29 is 0 Å². The van der Waals surface area contributed by atoms with Gasteiger partial charge in [-0.05, 0) is 23.9 Å². The topological polar surface area (TPSA) is 64.7 Å². The molecule has 0 fully saturated rings. The van der Waals surface area contributed by atoms with E-state index in [9.17, 15) is 0 Å². The first-order chi connectivity index (χ1) is 7.40. The first-order valence-electron chi connectivity index (χ1n) is 4.49. The second-order valence-electron chi connectivity index (χ2n) is 2.78. The third-order valence-corrected chi connectivity index (χ3v) is 2.75. The van der Waals surface area contributed by atoms with Gasteiger partial charge in [0.1, 0.15) is 10.1 Å². The molecule has 2 aromatic heterocycles. The van der Waals surface area contributed by atoms with E-state index in [0.29, 0.717) is 6.54 Å². The van der Waals surface area contributed by atoms with E-state index in [0.717, 1.165) is 15.7 Å². The number of hydrogen-bond donors (Lipinski definition) is 1. The summed E-state index contributed by atoms with van der Waals surface area (Å²) in [7, 11) is 0. The average molecular weight is 218 g/mol. The molecular formula is C10H10N4S. The summed E-state index contributed by atoms with van der Waals surface area (Å²) in [5.74, 6) is 0. The molecule has 4 nitrogen and oxygen atoms in total. The van der Waals surface area contributed by atoms with E-state index in [1.54, 1.807) is 18.6 Å². The maximum Gasteiger partial charge on any atom is 0.125 e. The zero-order valence-corrected chi connectivity index (χ0v) is 8.81. The Morgan fingerprint density at radius 1 is 1.07 bits per heavy atom. The number of nitrogens with zero attached hydrogens (tertiary/aromatic N) is 3. The summed E-state index contributed by atoms with van der Waals surface area (Å²) >= 11 is 1.47. The maximum absolute atomic E-state index is 5.57. The molecule has 0 saturated carbocycles. The van der Waals surface area contributed by atoms with Crippen LogP contribution in [0.3, 0.4) is 0 Å². The van der Waals surface area contributed by atoms with Gasteiger partial charge in [-0.15, -0.1) is 0 Å². The monoisotopic (exact) mass is 218 g/mol. The van der Waals surface area contributed by atoms with Crippen LogP contribution in [0.4, 0.5) is 0 Å². The molecular weight excluding hydrogens is 208 g/mol. The first kappa shape index (κ1) is 10.1. The second kappa shape index (κ2) is 4.86. The Morgan fingerprint density at radius 3 is 2.67 bits per heavy atom. The lowest BCUT2D eigenvalue weighted by Crippen LogP contribution is -2.02. The Morgan fingerprint density at radius 2 is 1.93 bits per heavy atom. The van der Waals surface area contributed by atoms with Gasteiger partial charge in [0.15, 0.2) is 0 Å². The van der Waals surface area contributed by atoms with Gasteiger partial charge in [0.2, 0.25) is 0 Å². The van der Waals surface area contributed by atoms with Crippen molar-refractivity contribution in [1.82, 2.24) is 15.0 Å². The van der Waals surface area contributed by atoms with E-state index in [1.807, 2.05) is 18.2 Å². The largest absolute Gasteiger partial charge is 0.325 e. The van der Waals surface area contributed by atoms with Crippen molar-refractivity contribution >= 4 is 11.8 Å². The second-order valence-corrected chi connectivity index (χ2v) is 3.79. The molecule has 15 heavy (non-hydrogen) atoms. The molecule has 0 saturated heterocycles. The summed E-state index contributed by atoms with van der Waals surface area (Å²) in [4.78, 5) is 12.6. The van der Waals surface area contributed by atoms with E-state index in [1.165, 1.54) is 11.8 Å². The standard InChI is InChI=1S/C10H10N4S/c11-7-8-10(14-6-5-12-8)15-9-3-1-2-4-13-9/h1-6H,7,11H2. The van der Waals surface area contributed by atoms with Gasteiger partial charge < -0.3 is 5.73 Å². The van der Waals surface area contributed by atoms with E-state index in [2.05, 4.69) is 15.0 Å². The molecule has 0 aliphatic rings. The summed E-state index contributed by atoms with van der Waals surface area (Å²) in [5, 5.41) is 1.71. The van der Waals surface area contributed by atoms with Crippen LogP contribution in [0, 0.1) is 0 Å². The van der Waals surface area contributed by atoms with Crippen LogP contribution in [0.25, 0.3) is 0 Å². The van der Waals surface area contributed by atoms with Crippen molar-refractivity contribution in [3.8, 4) is 0 Å². The van der Waals surface area contributed by atoms with E-state index < -0.39 is 0 Å². The smallest absolute Gasteiger partial charge is 0.125 e. The number of nitrogens with two attached hydrogens (primary N) is 1.